The average molecular weight is 184 g/mol. The van der Waals surface area contributed by atoms with Crippen LogP contribution in [-0.4, -0.2) is 15.2 Å². The van der Waals surface area contributed by atoms with Crippen LogP contribution in [0.25, 0.3) is 11.0 Å². The number of nitrogens with one attached hydrogen (secondary N) is 2. The van der Waals surface area contributed by atoms with Crippen molar-refractivity contribution in [1.29, 1.82) is 0 Å². The molecular weight excluding hydrogens is 178 g/mol. The Balaban J connectivity index is 2.78. The van der Waals surface area contributed by atoms with Crippen LogP contribution < -0.4 is 5.48 Å². The number of aromatic nitrogens is 2. The molecule has 0 fully saturated rings. The Morgan fingerprint density at radius 2 is 2.33 bits per heavy atom. The third kappa shape index (κ3) is 1.01. The first kappa shape index (κ1) is 7.39. The van der Waals surface area contributed by atoms with Crippen molar-refractivity contribution in [3.05, 3.63) is 23.5 Å². The maximum atomic E-state index is 8.70. The van der Waals surface area contributed by atoms with Gasteiger partial charge in [0.25, 0.3) is 0 Å². The highest BCUT2D eigenvalue weighted by Gasteiger charge is 2.03. The van der Waals surface area contributed by atoms with Crippen LogP contribution in [0.4, 0.5) is 5.69 Å². The van der Waals surface area contributed by atoms with E-state index in [1.54, 1.807) is 12.1 Å². The summed E-state index contributed by atoms with van der Waals surface area (Å²) in [6.07, 6.45) is 0. The topological polar surface area (TPSA) is 60.9 Å². The number of imidazole rings is 1. The predicted octanol–water partition coefficient (Wildman–Crippen LogP) is 2.02. The summed E-state index contributed by atoms with van der Waals surface area (Å²) in [5.41, 5.74) is 4.00. The Morgan fingerprint density at radius 3 is 3.08 bits per heavy atom. The number of rotatable bonds is 1. The first-order valence-corrected chi connectivity index (χ1v) is 3.73. The number of hydrogen-bond acceptors (Lipinski definition) is 3. The molecule has 0 radical (unpaired) electrons. The van der Waals surface area contributed by atoms with E-state index in [4.69, 9.17) is 16.8 Å². The van der Waals surface area contributed by atoms with E-state index in [1.807, 2.05) is 11.5 Å². The molecule has 0 aliphatic carbocycles. The average Bonchev–Trinajstić information content (AvgIpc) is 2.44. The SMILES string of the molecule is ONc1cccc2[nH]c(Cl)nc12. The number of benzene rings is 1. The Bertz CT molecular complexity index is 412. The number of fused-ring (bicyclic) bond motifs is 1. The van der Waals surface area contributed by atoms with Gasteiger partial charge in [0, 0.05) is 0 Å². The molecule has 1 heterocycles. The van der Waals surface area contributed by atoms with E-state index >= 15 is 0 Å². The van der Waals surface area contributed by atoms with Crippen LogP contribution in [0.1, 0.15) is 0 Å². The van der Waals surface area contributed by atoms with E-state index < -0.39 is 0 Å². The molecule has 1 aromatic heterocycles. The Labute approximate surface area is 73.1 Å². The minimum atomic E-state index is 0.313. The third-order valence-corrected chi connectivity index (χ3v) is 1.78. The highest BCUT2D eigenvalue weighted by Crippen LogP contribution is 2.21. The van der Waals surface area contributed by atoms with Gasteiger partial charge in [-0.25, -0.2) is 4.98 Å². The Hall–Kier alpha value is -1.26. The molecule has 0 spiro atoms. The van der Waals surface area contributed by atoms with E-state index in [9.17, 15) is 0 Å². The number of nitrogens with zero attached hydrogens (tertiary/aromatic N) is 1. The van der Waals surface area contributed by atoms with Gasteiger partial charge in [0.15, 0.2) is 0 Å². The van der Waals surface area contributed by atoms with E-state index in [-0.39, 0.29) is 0 Å². The first-order chi connectivity index (χ1) is 5.81. The van der Waals surface area contributed by atoms with Crippen LogP contribution in [0.3, 0.4) is 0 Å². The van der Waals surface area contributed by atoms with Crippen molar-refractivity contribution in [3.63, 3.8) is 0 Å². The van der Waals surface area contributed by atoms with Crippen molar-refractivity contribution in [2.75, 3.05) is 5.48 Å². The van der Waals surface area contributed by atoms with Crippen molar-refractivity contribution < 1.29 is 5.21 Å². The lowest BCUT2D eigenvalue weighted by molar-refractivity contribution is 0.389. The number of H-pyrrole nitrogens is 1. The smallest absolute Gasteiger partial charge is 0.201 e. The van der Waals surface area contributed by atoms with E-state index in [1.165, 1.54) is 0 Å². The molecule has 1 aromatic carbocycles. The maximum Gasteiger partial charge on any atom is 0.201 e. The van der Waals surface area contributed by atoms with Crippen LogP contribution in [0, 0.1) is 0 Å². The molecule has 62 valence electrons. The molecule has 0 amide bonds. The molecule has 2 aromatic rings. The van der Waals surface area contributed by atoms with Crippen molar-refractivity contribution in [1.82, 2.24) is 9.97 Å². The van der Waals surface area contributed by atoms with Gasteiger partial charge in [-0.05, 0) is 23.7 Å². The van der Waals surface area contributed by atoms with Gasteiger partial charge in [0.2, 0.25) is 5.28 Å². The summed E-state index contributed by atoms with van der Waals surface area (Å²) in [5.74, 6) is 0. The van der Waals surface area contributed by atoms with Crippen molar-refractivity contribution >= 4 is 28.3 Å². The summed E-state index contributed by atoms with van der Waals surface area (Å²) >= 11 is 5.64. The van der Waals surface area contributed by atoms with Crippen molar-refractivity contribution in [2.24, 2.45) is 0 Å². The summed E-state index contributed by atoms with van der Waals surface area (Å²) < 4.78 is 0. The molecule has 0 aliphatic heterocycles. The van der Waals surface area contributed by atoms with E-state index in [2.05, 4.69) is 9.97 Å². The number of halogens is 1. The van der Waals surface area contributed by atoms with Gasteiger partial charge in [-0.1, -0.05) is 6.07 Å². The monoisotopic (exact) mass is 183 g/mol. The van der Waals surface area contributed by atoms with Crippen LogP contribution in [0.5, 0.6) is 0 Å². The molecule has 12 heavy (non-hydrogen) atoms. The summed E-state index contributed by atoms with van der Waals surface area (Å²) in [4.78, 5) is 6.81. The third-order valence-electron chi connectivity index (χ3n) is 1.60. The summed E-state index contributed by atoms with van der Waals surface area (Å²) in [5, 5.41) is 9.01. The van der Waals surface area contributed by atoms with Crippen LogP contribution in [-0.2, 0) is 0 Å². The highest BCUT2D eigenvalue weighted by atomic mass is 35.5. The first-order valence-electron chi connectivity index (χ1n) is 3.35. The van der Waals surface area contributed by atoms with Crippen LogP contribution in [0.2, 0.25) is 5.28 Å². The molecule has 0 saturated heterocycles. The van der Waals surface area contributed by atoms with Gasteiger partial charge in [-0.15, -0.1) is 0 Å². The zero-order valence-electron chi connectivity index (χ0n) is 6.00. The second-order valence-electron chi connectivity index (χ2n) is 2.34. The lowest BCUT2D eigenvalue weighted by Gasteiger charge is -1.96. The molecule has 0 atom stereocenters. The van der Waals surface area contributed by atoms with Crippen molar-refractivity contribution in [3.8, 4) is 0 Å². The van der Waals surface area contributed by atoms with E-state index in [0.29, 0.717) is 16.5 Å². The quantitative estimate of drug-likeness (QED) is 0.593. The molecule has 5 heteroatoms. The fourth-order valence-electron chi connectivity index (χ4n) is 1.09. The lowest BCUT2D eigenvalue weighted by Crippen LogP contribution is -1.89. The van der Waals surface area contributed by atoms with Gasteiger partial charge >= 0.3 is 0 Å². The standard InChI is InChI=1S/C7H6ClN3O/c8-7-9-4-2-1-3-5(11-12)6(4)10-7/h1-3,11-12H,(H,9,10). The molecule has 4 nitrogen and oxygen atoms in total. The molecule has 0 bridgehead atoms. The lowest BCUT2D eigenvalue weighted by atomic mass is 10.3. The maximum absolute atomic E-state index is 8.70. The fourth-order valence-corrected chi connectivity index (χ4v) is 1.28. The highest BCUT2D eigenvalue weighted by molar-refractivity contribution is 6.29. The van der Waals surface area contributed by atoms with Crippen LogP contribution >= 0.6 is 11.6 Å². The van der Waals surface area contributed by atoms with Gasteiger partial charge in [0.05, 0.1) is 11.2 Å². The Kier molecular flexibility index (Phi) is 1.64. The molecule has 0 unspecified atom stereocenters. The number of aromatic amines is 1. The summed E-state index contributed by atoms with van der Waals surface area (Å²) in [6, 6.07) is 5.32. The van der Waals surface area contributed by atoms with Gasteiger partial charge < -0.3 is 4.98 Å². The zero-order chi connectivity index (χ0) is 8.55. The summed E-state index contributed by atoms with van der Waals surface area (Å²) in [7, 11) is 0. The van der Waals surface area contributed by atoms with Crippen LogP contribution in [0.15, 0.2) is 18.2 Å². The molecule has 0 aliphatic rings. The largest absolute Gasteiger partial charge is 0.329 e. The van der Waals surface area contributed by atoms with Gasteiger partial charge in [-0.3, -0.25) is 10.7 Å². The second kappa shape index (κ2) is 2.66. The Morgan fingerprint density at radius 1 is 1.50 bits per heavy atom. The number of hydrogen-bond donors (Lipinski definition) is 3. The zero-order valence-corrected chi connectivity index (χ0v) is 6.76. The minimum Gasteiger partial charge on any atom is -0.329 e. The molecular formula is C7H6ClN3O. The van der Waals surface area contributed by atoms with E-state index in [0.717, 1.165) is 5.52 Å². The molecule has 0 saturated carbocycles. The molecule has 2 rings (SSSR count). The number of anilines is 1. The predicted molar refractivity (Wildman–Crippen MR) is 46.5 cm³/mol. The fraction of sp³-hybridized carbons (Fsp3) is 0. The minimum absolute atomic E-state index is 0.313. The second-order valence-corrected chi connectivity index (χ2v) is 2.70. The number of para-hydroxylation sites is 1. The normalized spacial score (nSPS) is 10.5. The van der Waals surface area contributed by atoms with Gasteiger partial charge in [-0.2, -0.15) is 0 Å². The summed E-state index contributed by atoms with van der Waals surface area (Å²) in [6.45, 7) is 0. The van der Waals surface area contributed by atoms with Gasteiger partial charge in [0.1, 0.15) is 5.52 Å². The van der Waals surface area contributed by atoms with Crippen molar-refractivity contribution in [2.45, 2.75) is 0 Å². The molecule has 3 N–H and O–H groups in total.